The predicted molar refractivity (Wildman–Crippen MR) is 90.7 cm³/mol. The van der Waals surface area contributed by atoms with Crippen molar-refractivity contribution in [1.82, 2.24) is 4.90 Å². The summed E-state index contributed by atoms with van der Waals surface area (Å²) < 4.78 is 6.00. The van der Waals surface area contributed by atoms with Crippen molar-refractivity contribution in [3.05, 3.63) is 52.0 Å². The fraction of sp³-hybridized carbons (Fsp3) is 0.235. The maximum atomic E-state index is 11.0. The lowest BCUT2D eigenvalue weighted by Gasteiger charge is -2.18. The highest BCUT2D eigenvalue weighted by atomic mass is 35.5. The lowest BCUT2D eigenvalue weighted by Crippen LogP contribution is -2.35. The Balaban J connectivity index is 1.95. The smallest absolute Gasteiger partial charge is 0.407 e. The Morgan fingerprint density at radius 2 is 1.91 bits per heavy atom. The van der Waals surface area contributed by atoms with E-state index in [-0.39, 0.29) is 6.10 Å². The number of halogens is 2. The molecule has 6 heteroatoms. The van der Waals surface area contributed by atoms with Crippen molar-refractivity contribution >= 4 is 29.3 Å². The Hall–Kier alpha value is -1.91. The summed E-state index contributed by atoms with van der Waals surface area (Å²) in [6.45, 7) is 0.305. The number of hydrogen-bond acceptors (Lipinski definition) is 2. The van der Waals surface area contributed by atoms with Gasteiger partial charge in [0.2, 0.25) is 0 Å². The first kappa shape index (κ1) is 16.0. The number of benzene rings is 2. The van der Waals surface area contributed by atoms with Crippen LogP contribution in [0.25, 0.3) is 11.1 Å². The molecule has 2 aromatic rings. The van der Waals surface area contributed by atoms with Gasteiger partial charge in [-0.05, 0) is 17.7 Å². The van der Waals surface area contributed by atoms with Gasteiger partial charge in [-0.25, -0.2) is 4.79 Å². The average Bonchev–Trinajstić information content (AvgIpc) is 2.90. The second-order valence-electron chi connectivity index (χ2n) is 5.50. The Labute approximate surface area is 144 Å². The molecule has 0 spiro atoms. The monoisotopic (exact) mass is 351 g/mol. The summed E-state index contributed by atoms with van der Waals surface area (Å²) in [6.07, 6.45) is -0.532. The van der Waals surface area contributed by atoms with E-state index in [0.29, 0.717) is 23.0 Å². The van der Waals surface area contributed by atoms with Crippen molar-refractivity contribution in [2.45, 2.75) is 12.5 Å². The van der Waals surface area contributed by atoms with Crippen LogP contribution >= 0.6 is 23.2 Å². The minimum absolute atomic E-state index is 0.214. The molecule has 0 radical (unpaired) electrons. The van der Waals surface area contributed by atoms with Crippen LogP contribution in [0, 0.1) is 0 Å². The minimum atomic E-state index is -0.973. The van der Waals surface area contributed by atoms with Crippen LogP contribution in [0.5, 0.6) is 5.75 Å². The molecule has 1 N–H and O–H groups in total. The van der Waals surface area contributed by atoms with E-state index in [0.717, 1.165) is 22.4 Å². The maximum Gasteiger partial charge on any atom is 0.407 e. The molecule has 120 valence electrons. The third kappa shape index (κ3) is 3.09. The zero-order valence-electron chi connectivity index (χ0n) is 12.4. The highest BCUT2D eigenvalue weighted by Gasteiger charge is 2.28. The molecule has 3 rings (SSSR count). The molecule has 1 heterocycles. The van der Waals surface area contributed by atoms with Gasteiger partial charge < -0.3 is 14.7 Å². The molecule has 1 amide bonds. The van der Waals surface area contributed by atoms with Crippen LogP contribution in [0.1, 0.15) is 5.56 Å². The molecule has 0 saturated carbocycles. The second kappa shape index (κ2) is 6.30. The summed E-state index contributed by atoms with van der Waals surface area (Å²) in [5.74, 6) is 0.728. The normalized spacial score (nSPS) is 15.9. The van der Waals surface area contributed by atoms with Gasteiger partial charge in [0, 0.05) is 24.6 Å². The van der Waals surface area contributed by atoms with Crippen molar-refractivity contribution < 1.29 is 14.6 Å². The molecule has 1 unspecified atom stereocenters. The van der Waals surface area contributed by atoms with Gasteiger partial charge in [-0.15, -0.1) is 0 Å². The van der Waals surface area contributed by atoms with E-state index in [4.69, 9.17) is 33.0 Å². The number of carboxylic acid groups (broad SMARTS) is 1. The van der Waals surface area contributed by atoms with Gasteiger partial charge in [-0.1, -0.05) is 47.5 Å². The lowest BCUT2D eigenvalue weighted by molar-refractivity contribution is 0.129. The summed E-state index contributed by atoms with van der Waals surface area (Å²) in [5, 5.41) is 10.1. The number of ether oxygens (including phenoxy) is 1. The Kier molecular flexibility index (Phi) is 4.37. The third-order valence-electron chi connectivity index (χ3n) is 3.86. The molecular weight excluding hydrogens is 337 g/mol. The molecule has 1 aliphatic heterocycles. The number of amides is 1. The number of carbonyl (C=O) groups is 1. The van der Waals surface area contributed by atoms with E-state index >= 15 is 0 Å². The van der Waals surface area contributed by atoms with Crippen LogP contribution in [0.15, 0.2) is 36.4 Å². The fourth-order valence-electron chi connectivity index (χ4n) is 2.78. The number of para-hydroxylation sites is 1. The van der Waals surface area contributed by atoms with Gasteiger partial charge in [0.1, 0.15) is 11.9 Å². The SMILES string of the molecule is CN(CC1Cc2cccc(-c3c(Cl)cccc3Cl)c2O1)C(=O)O. The molecule has 2 aromatic carbocycles. The van der Waals surface area contributed by atoms with E-state index < -0.39 is 6.09 Å². The van der Waals surface area contributed by atoms with Crippen LogP contribution in [0.2, 0.25) is 10.0 Å². The van der Waals surface area contributed by atoms with Crippen LogP contribution in [-0.2, 0) is 6.42 Å². The second-order valence-corrected chi connectivity index (χ2v) is 6.31. The first-order valence-electron chi connectivity index (χ1n) is 7.14. The van der Waals surface area contributed by atoms with Crippen molar-refractivity contribution in [3.8, 4) is 16.9 Å². The molecule has 0 aromatic heterocycles. The summed E-state index contributed by atoms with van der Waals surface area (Å²) in [4.78, 5) is 12.2. The first-order chi connectivity index (χ1) is 11.0. The molecule has 1 aliphatic rings. The molecule has 0 bridgehead atoms. The van der Waals surface area contributed by atoms with Gasteiger partial charge in [0.05, 0.1) is 16.6 Å². The largest absolute Gasteiger partial charge is 0.487 e. The summed E-state index contributed by atoms with van der Waals surface area (Å²) in [6, 6.07) is 11.2. The van der Waals surface area contributed by atoms with Crippen molar-refractivity contribution in [1.29, 1.82) is 0 Å². The number of nitrogens with zero attached hydrogens (tertiary/aromatic N) is 1. The van der Waals surface area contributed by atoms with Gasteiger partial charge in [0.25, 0.3) is 0 Å². The van der Waals surface area contributed by atoms with Crippen molar-refractivity contribution in [2.75, 3.05) is 13.6 Å². The van der Waals surface area contributed by atoms with Crippen LogP contribution in [0.3, 0.4) is 0 Å². The van der Waals surface area contributed by atoms with E-state index in [9.17, 15) is 4.79 Å². The number of hydrogen-bond donors (Lipinski definition) is 1. The summed E-state index contributed by atoms with van der Waals surface area (Å²) in [7, 11) is 1.53. The van der Waals surface area contributed by atoms with Crippen LogP contribution in [-0.4, -0.2) is 35.8 Å². The van der Waals surface area contributed by atoms with Gasteiger partial charge in [-0.2, -0.15) is 0 Å². The number of fused-ring (bicyclic) bond motifs is 1. The third-order valence-corrected chi connectivity index (χ3v) is 4.49. The Morgan fingerprint density at radius 3 is 2.57 bits per heavy atom. The van der Waals surface area contributed by atoms with Gasteiger partial charge >= 0.3 is 6.09 Å². The molecule has 4 nitrogen and oxygen atoms in total. The van der Waals surface area contributed by atoms with Gasteiger partial charge in [0.15, 0.2) is 0 Å². The number of likely N-dealkylation sites (N-methyl/N-ethyl adjacent to an activating group) is 1. The highest BCUT2D eigenvalue weighted by molar-refractivity contribution is 6.39. The van der Waals surface area contributed by atoms with E-state index in [1.165, 1.54) is 11.9 Å². The topological polar surface area (TPSA) is 49.8 Å². The molecular formula is C17H15Cl2NO3. The number of rotatable bonds is 3. The molecule has 0 aliphatic carbocycles. The fourth-order valence-corrected chi connectivity index (χ4v) is 3.38. The van der Waals surface area contributed by atoms with E-state index in [1.807, 2.05) is 18.2 Å². The van der Waals surface area contributed by atoms with Crippen molar-refractivity contribution in [3.63, 3.8) is 0 Å². The molecule has 1 atom stereocenters. The summed E-state index contributed by atoms with van der Waals surface area (Å²) >= 11 is 12.6. The van der Waals surface area contributed by atoms with E-state index in [1.54, 1.807) is 18.2 Å². The molecule has 23 heavy (non-hydrogen) atoms. The van der Waals surface area contributed by atoms with E-state index in [2.05, 4.69) is 0 Å². The van der Waals surface area contributed by atoms with Crippen LogP contribution < -0.4 is 4.74 Å². The average molecular weight is 352 g/mol. The quantitative estimate of drug-likeness (QED) is 0.880. The first-order valence-corrected chi connectivity index (χ1v) is 7.90. The van der Waals surface area contributed by atoms with Crippen LogP contribution in [0.4, 0.5) is 4.79 Å². The maximum absolute atomic E-state index is 11.0. The Morgan fingerprint density at radius 1 is 1.26 bits per heavy atom. The standard InChI is InChI=1S/C17H15Cl2NO3/c1-20(17(21)22)9-11-8-10-4-2-5-12(16(10)23-11)15-13(18)6-3-7-14(15)19/h2-7,11H,8-9H2,1H3,(H,21,22). The van der Waals surface area contributed by atoms with Gasteiger partial charge in [-0.3, -0.25) is 0 Å². The molecule has 0 saturated heterocycles. The molecule has 0 fully saturated rings. The Bertz CT molecular complexity index is 743. The highest BCUT2D eigenvalue weighted by Crippen LogP contribution is 2.44. The summed E-state index contributed by atoms with van der Waals surface area (Å²) in [5.41, 5.74) is 2.60. The van der Waals surface area contributed by atoms with Crippen molar-refractivity contribution in [2.24, 2.45) is 0 Å². The zero-order chi connectivity index (χ0) is 16.6. The predicted octanol–water partition coefficient (Wildman–Crippen LogP) is 4.57. The zero-order valence-corrected chi connectivity index (χ0v) is 13.9. The lowest BCUT2D eigenvalue weighted by atomic mass is 10.0. The minimum Gasteiger partial charge on any atom is -0.487 e.